The van der Waals surface area contributed by atoms with Crippen molar-refractivity contribution in [1.29, 1.82) is 0 Å². The highest BCUT2D eigenvalue weighted by Crippen LogP contribution is 2.20. The first kappa shape index (κ1) is 15.1. The van der Waals surface area contributed by atoms with E-state index in [0.29, 0.717) is 0 Å². The van der Waals surface area contributed by atoms with Crippen molar-refractivity contribution >= 4 is 5.97 Å². The second-order valence-electron chi connectivity index (χ2n) is 4.75. The van der Waals surface area contributed by atoms with Crippen LogP contribution in [0.2, 0.25) is 0 Å². The fraction of sp³-hybridized carbons (Fsp3) is 0.188. The van der Waals surface area contributed by atoms with Crippen LogP contribution in [0, 0.1) is 23.4 Å². The van der Waals surface area contributed by atoms with Crippen molar-refractivity contribution in [2.24, 2.45) is 5.92 Å². The minimum Gasteiger partial charge on any atom is -0.481 e. The van der Waals surface area contributed by atoms with Crippen LogP contribution in [0.25, 0.3) is 0 Å². The quantitative estimate of drug-likeness (QED) is 0.915. The third-order valence-electron chi connectivity index (χ3n) is 3.27. The first-order chi connectivity index (χ1) is 9.99. The molecule has 0 amide bonds. The van der Waals surface area contributed by atoms with E-state index in [1.807, 2.05) is 0 Å². The van der Waals surface area contributed by atoms with E-state index in [2.05, 4.69) is 0 Å². The molecular weight excluding hydrogens is 281 g/mol. The topological polar surface area (TPSA) is 37.3 Å². The summed E-state index contributed by atoms with van der Waals surface area (Å²) in [5.41, 5.74) is 0.209. The Morgan fingerprint density at radius 3 is 2.14 bits per heavy atom. The maximum absolute atomic E-state index is 13.6. The Kier molecular flexibility index (Phi) is 4.62. The average molecular weight is 294 g/mol. The SMILES string of the molecule is O=C(O)C(Cc1ccccc1F)Cc1cccc(F)c1F. The molecule has 0 aliphatic heterocycles. The van der Waals surface area contributed by atoms with Gasteiger partial charge in [-0.15, -0.1) is 0 Å². The van der Waals surface area contributed by atoms with Crippen molar-refractivity contribution in [3.8, 4) is 0 Å². The van der Waals surface area contributed by atoms with Gasteiger partial charge in [0.2, 0.25) is 0 Å². The van der Waals surface area contributed by atoms with Crippen LogP contribution >= 0.6 is 0 Å². The largest absolute Gasteiger partial charge is 0.481 e. The minimum absolute atomic E-state index is 0.0289. The molecule has 0 aliphatic carbocycles. The van der Waals surface area contributed by atoms with E-state index >= 15 is 0 Å². The highest BCUT2D eigenvalue weighted by Gasteiger charge is 2.22. The van der Waals surface area contributed by atoms with Gasteiger partial charge in [-0.25, -0.2) is 13.2 Å². The molecule has 0 aromatic heterocycles. The number of halogens is 3. The van der Waals surface area contributed by atoms with Gasteiger partial charge in [0.1, 0.15) is 5.82 Å². The number of carbonyl (C=O) groups is 1. The molecule has 2 rings (SSSR count). The molecular formula is C16H13F3O2. The molecule has 0 heterocycles. The molecule has 2 aromatic rings. The van der Waals surface area contributed by atoms with E-state index in [0.717, 1.165) is 6.07 Å². The molecule has 21 heavy (non-hydrogen) atoms. The number of carboxylic acid groups (broad SMARTS) is 1. The Labute approximate surface area is 119 Å². The number of carboxylic acids is 1. The van der Waals surface area contributed by atoms with Gasteiger partial charge < -0.3 is 5.11 Å². The summed E-state index contributed by atoms with van der Waals surface area (Å²) >= 11 is 0. The van der Waals surface area contributed by atoms with Gasteiger partial charge in [0.25, 0.3) is 0 Å². The van der Waals surface area contributed by atoms with Crippen molar-refractivity contribution in [2.45, 2.75) is 12.8 Å². The Morgan fingerprint density at radius 1 is 0.905 bits per heavy atom. The van der Waals surface area contributed by atoms with Crippen molar-refractivity contribution in [3.05, 3.63) is 71.0 Å². The number of hydrogen-bond acceptors (Lipinski definition) is 1. The van der Waals surface area contributed by atoms with Crippen molar-refractivity contribution in [2.75, 3.05) is 0 Å². The summed E-state index contributed by atoms with van der Waals surface area (Å²) in [7, 11) is 0. The summed E-state index contributed by atoms with van der Waals surface area (Å²) in [5.74, 6) is -4.80. The summed E-state index contributed by atoms with van der Waals surface area (Å²) in [6.45, 7) is 0. The molecule has 0 aliphatic rings. The summed E-state index contributed by atoms with van der Waals surface area (Å²) in [6.07, 6.45) is -0.286. The van der Waals surface area contributed by atoms with Gasteiger partial charge >= 0.3 is 5.97 Å². The van der Waals surface area contributed by atoms with Crippen LogP contribution in [0.15, 0.2) is 42.5 Å². The van der Waals surface area contributed by atoms with E-state index in [4.69, 9.17) is 0 Å². The van der Waals surface area contributed by atoms with Crippen molar-refractivity contribution in [3.63, 3.8) is 0 Å². The van der Waals surface area contributed by atoms with E-state index in [9.17, 15) is 23.1 Å². The van der Waals surface area contributed by atoms with Crippen LogP contribution in [0.5, 0.6) is 0 Å². The van der Waals surface area contributed by atoms with Crippen LogP contribution in [0.4, 0.5) is 13.2 Å². The van der Waals surface area contributed by atoms with E-state index in [1.54, 1.807) is 6.07 Å². The molecule has 1 unspecified atom stereocenters. The van der Waals surface area contributed by atoms with E-state index in [-0.39, 0.29) is 24.0 Å². The van der Waals surface area contributed by atoms with Crippen molar-refractivity contribution < 1.29 is 23.1 Å². The van der Waals surface area contributed by atoms with Gasteiger partial charge in [-0.2, -0.15) is 0 Å². The molecule has 2 aromatic carbocycles. The van der Waals surface area contributed by atoms with Gasteiger partial charge in [-0.3, -0.25) is 4.79 Å². The highest BCUT2D eigenvalue weighted by atomic mass is 19.2. The average Bonchev–Trinajstić information content (AvgIpc) is 2.45. The molecule has 0 saturated heterocycles. The van der Waals surface area contributed by atoms with E-state index < -0.39 is 29.3 Å². The highest BCUT2D eigenvalue weighted by molar-refractivity contribution is 5.71. The molecule has 2 nitrogen and oxygen atoms in total. The fourth-order valence-corrected chi connectivity index (χ4v) is 2.15. The maximum Gasteiger partial charge on any atom is 0.307 e. The van der Waals surface area contributed by atoms with Crippen LogP contribution < -0.4 is 0 Å². The van der Waals surface area contributed by atoms with Crippen LogP contribution in [-0.4, -0.2) is 11.1 Å². The second kappa shape index (κ2) is 6.43. The van der Waals surface area contributed by atoms with E-state index in [1.165, 1.54) is 30.3 Å². The van der Waals surface area contributed by atoms with Crippen LogP contribution in [-0.2, 0) is 17.6 Å². The van der Waals surface area contributed by atoms with Crippen LogP contribution in [0.1, 0.15) is 11.1 Å². The predicted molar refractivity (Wildman–Crippen MR) is 71.3 cm³/mol. The van der Waals surface area contributed by atoms with Gasteiger partial charge in [0.05, 0.1) is 5.92 Å². The van der Waals surface area contributed by atoms with Gasteiger partial charge in [-0.05, 0) is 36.1 Å². The molecule has 0 fully saturated rings. The molecule has 0 radical (unpaired) electrons. The molecule has 0 spiro atoms. The number of hydrogen-bond donors (Lipinski definition) is 1. The lowest BCUT2D eigenvalue weighted by molar-refractivity contribution is -0.141. The van der Waals surface area contributed by atoms with Crippen LogP contribution in [0.3, 0.4) is 0 Å². The second-order valence-corrected chi connectivity index (χ2v) is 4.75. The predicted octanol–water partition coefficient (Wildman–Crippen LogP) is 3.59. The Morgan fingerprint density at radius 2 is 1.48 bits per heavy atom. The Balaban J connectivity index is 2.22. The molecule has 0 bridgehead atoms. The summed E-state index contributed by atoms with van der Waals surface area (Å²) < 4.78 is 40.3. The first-order valence-electron chi connectivity index (χ1n) is 6.38. The van der Waals surface area contributed by atoms with Crippen molar-refractivity contribution in [1.82, 2.24) is 0 Å². The zero-order valence-corrected chi connectivity index (χ0v) is 11.0. The zero-order chi connectivity index (χ0) is 15.4. The lowest BCUT2D eigenvalue weighted by Crippen LogP contribution is -2.20. The Bertz CT molecular complexity index is 656. The molecule has 5 heteroatoms. The lowest BCUT2D eigenvalue weighted by atomic mass is 9.92. The fourth-order valence-electron chi connectivity index (χ4n) is 2.15. The molecule has 0 saturated carbocycles. The maximum atomic E-state index is 13.6. The lowest BCUT2D eigenvalue weighted by Gasteiger charge is -2.13. The number of benzene rings is 2. The minimum atomic E-state index is -1.18. The molecule has 1 atom stereocenters. The van der Waals surface area contributed by atoms with Gasteiger partial charge in [0.15, 0.2) is 11.6 Å². The third-order valence-corrected chi connectivity index (χ3v) is 3.27. The smallest absolute Gasteiger partial charge is 0.307 e. The molecule has 110 valence electrons. The Hall–Kier alpha value is -2.30. The number of aliphatic carboxylic acids is 1. The molecule has 1 N–H and O–H groups in total. The number of rotatable bonds is 5. The van der Waals surface area contributed by atoms with Gasteiger partial charge in [-0.1, -0.05) is 30.3 Å². The monoisotopic (exact) mass is 294 g/mol. The first-order valence-corrected chi connectivity index (χ1v) is 6.38. The third kappa shape index (κ3) is 3.62. The summed E-state index contributed by atoms with van der Waals surface area (Å²) in [5, 5.41) is 9.21. The summed E-state index contributed by atoms with van der Waals surface area (Å²) in [6, 6.07) is 9.42. The standard InChI is InChI=1S/C16H13F3O2/c17-13-6-2-1-4-10(13)8-12(16(20)21)9-11-5-3-7-14(18)15(11)19/h1-7,12H,8-9H2,(H,20,21). The normalized spacial score (nSPS) is 12.1. The zero-order valence-electron chi connectivity index (χ0n) is 11.0. The van der Waals surface area contributed by atoms with Gasteiger partial charge in [0, 0.05) is 0 Å². The summed E-state index contributed by atoms with van der Waals surface area (Å²) in [4.78, 5) is 11.3.